The highest BCUT2D eigenvalue weighted by molar-refractivity contribution is 5.86. The van der Waals surface area contributed by atoms with Crippen LogP contribution in [0, 0.1) is 20.8 Å². The summed E-state index contributed by atoms with van der Waals surface area (Å²) in [5.41, 5.74) is 11.7. The maximum atomic E-state index is 5.55. The van der Waals surface area contributed by atoms with Crippen LogP contribution in [0.1, 0.15) is 28.8 Å². The van der Waals surface area contributed by atoms with Crippen LogP contribution in [0.2, 0.25) is 0 Å². The summed E-state index contributed by atoms with van der Waals surface area (Å²) in [5, 5.41) is 1.30. The van der Waals surface area contributed by atoms with E-state index >= 15 is 0 Å². The van der Waals surface area contributed by atoms with E-state index in [-0.39, 0.29) is 0 Å². The number of rotatable bonds is 3. The molecule has 0 spiro atoms. The highest BCUT2D eigenvalue weighted by Gasteiger charge is 2.06. The zero-order valence-corrected chi connectivity index (χ0v) is 10.9. The van der Waals surface area contributed by atoms with E-state index in [1.54, 1.807) is 0 Å². The van der Waals surface area contributed by atoms with Crippen molar-refractivity contribution in [2.24, 2.45) is 5.73 Å². The third-order valence-electron chi connectivity index (χ3n) is 3.14. The third kappa shape index (κ3) is 2.47. The van der Waals surface area contributed by atoms with Crippen molar-refractivity contribution in [2.75, 3.05) is 6.54 Å². The molecule has 2 aromatic rings. The molecule has 0 unspecified atom stereocenters. The summed E-state index contributed by atoms with van der Waals surface area (Å²) < 4.78 is 0. The smallest absolute Gasteiger partial charge is 0.0713 e. The second-order valence-electron chi connectivity index (χ2n) is 4.80. The highest BCUT2D eigenvalue weighted by atomic mass is 14.7. The number of hydrogen-bond donors (Lipinski definition) is 1. The van der Waals surface area contributed by atoms with E-state index in [0.717, 1.165) is 30.6 Å². The molecule has 0 fully saturated rings. The minimum Gasteiger partial charge on any atom is -0.330 e. The van der Waals surface area contributed by atoms with Gasteiger partial charge in [-0.25, -0.2) is 0 Å². The lowest BCUT2D eigenvalue weighted by atomic mass is 10.0. The van der Waals surface area contributed by atoms with Gasteiger partial charge < -0.3 is 5.73 Å². The van der Waals surface area contributed by atoms with Crippen molar-refractivity contribution in [1.82, 2.24) is 4.98 Å². The summed E-state index contributed by atoms with van der Waals surface area (Å²) in [4.78, 5) is 4.74. The zero-order chi connectivity index (χ0) is 12.4. The van der Waals surface area contributed by atoms with Crippen molar-refractivity contribution in [3.63, 3.8) is 0 Å². The third-order valence-corrected chi connectivity index (χ3v) is 3.14. The topological polar surface area (TPSA) is 38.9 Å². The minimum atomic E-state index is 0.728. The average Bonchev–Trinajstić information content (AvgIpc) is 2.24. The second kappa shape index (κ2) is 4.84. The molecule has 2 rings (SSSR count). The lowest BCUT2D eigenvalue weighted by Crippen LogP contribution is -2.02. The van der Waals surface area contributed by atoms with E-state index in [2.05, 4.69) is 39.0 Å². The molecule has 0 aliphatic rings. The maximum Gasteiger partial charge on any atom is 0.0713 e. The fourth-order valence-corrected chi connectivity index (χ4v) is 2.47. The van der Waals surface area contributed by atoms with E-state index in [1.807, 2.05) is 0 Å². The molecule has 2 heteroatoms. The first-order valence-electron chi connectivity index (χ1n) is 6.19. The van der Waals surface area contributed by atoms with Crippen molar-refractivity contribution in [2.45, 2.75) is 33.6 Å². The van der Waals surface area contributed by atoms with Crippen molar-refractivity contribution in [3.05, 3.63) is 40.6 Å². The Morgan fingerprint density at radius 2 is 1.76 bits per heavy atom. The number of nitrogens with zero attached hydrogens (tertiary/aromatic N) is 1. The fraction of sp³-hybridized carbons (Fsp3) is 0.400. The minimum absolute atomic E-state index is 0.728. The van der Waals surface area contributed by atoms with Gasteiger partial charge in [-0.05, 0) is 69.0 Å². The molecule has 0 aliphatic heterocycles. The van der Waals surface area contributed by atoms with Gasteiger partial charge in [0.2, 0.25) is 0 Å². The molecule has 0 aliphatic carbocycles. The molecule has 2 nitrogen and oxygen atoms in total. The quantitative estimate of drug-likeness (QED) is 0.877. The molecule has 1 aromatic heterocycles. The summed E-state index contributed by atoms with van der Waals surface area (Å²) in [5.74, 6) is 0. The number of aryl methyl sites for hydroxylation is 4. The Labute approximate surface area is 103 Å². The normalized spacial score (nSPS) is 11.1. The molecule has 1 aromatic carbocycles. The number of benzene rings is 1. The first-order valence-corrected chi connectivity index (χ1v) is 6.19. The molecule has 0 saturated carbocycles. The van der Waals surface area contributed by atoms with Crippen molar-refractivity contribution in [3.8, 4) is 0 Å². The van der Waals surface area contributed by atoms with Gasteiger partial charge in [0, 0.05) is 11.1 Å². The maximum absolute atomic E-state index is 5.55. The van der Waals surface area contributed by atoms with E-state index in [9.17, 15) is 0 Å². The number of aromatic nitrogens is 1. The Morgan fingerprint density at radius 3 is 2.47 bits per heavy atom. The summed E-state index contributed by atoms with van der Waals surface area (Å²) in [6.07, 6.45) is 1.98. The summed E-state index contributed by atoms with van der Waals surface area (Å²) in [6.45, 7) is 7.17. The number of hydrogen-bond acceptors (Lipinski definition) is 2. The van der Waals surface area contributed by atoms with Crippen molar-refractivity contribution >= 4 is 10.9 Å². The number of nitrogens with two attached hydrogens (primary N) is 1. The van der Waals surface area contributed by atoms with Crippen LogP contribution < -0.4 is 5.73 Å². The molecule has 0 bridgehead atoms. The largest absolute Gasteiger partial charge is 0.330 e. The monoisotopic (exact) mass is 228 g/mol. The second-order valence-corrected chi connectivity index (χ2v) is 4.80. The first kappa shape index (κ1) is 12.1. The predicted octanol–water partition coefficient (Wildman–Crippen LogP) is 3.05. The van der Waals surface area contributed by atoms with Crippen LogP contribution in [-0.4, -0.2) is 11.5 Å². The van der Waals surface area contributed by atoms with Crippen LogP contribution >= 0.6 is 0 Å². The number of pyridine rings is 1. The lowest BCUT2D eigenvalue weighted by molar-refractivity contribution is 0.813. The highest BCUT2D eigenvalue weighted by Crippen LogP contribution is 2.23. The standard InChI is InChI=1S/C15H20N2/c1-10-7-11(2)15-12(3)9-13(5-4-6-16)17-14(15)8-10/h7-9H,4-6,16H2,1-3H3. The molecule has 0 atom stereocenters. The van der Waals surface area contributed by atoms with Gasteiger partial charge in [0.05, 0.1) is 5.52 Å². The molecule has 90 valence electrons. The van der Waals surface area contributed by atoms with Gasteiger partial charge in [0.1, 0.15) is 0 Å². The van der Waals surface area contributed by atoms with Crippen LogP contribution in [0.4, 0.5) is 0 Å². The summed E-state index contributed by atoms with van der Waals surface area (Å²) in [7, 11) is 0. The van der Waals surface area contributed by atoms with Gasteiger partial charge in [0.15, 0.2) is 0 Å². The van der Waals surface area contributed by atoms with E-state index in [0.29, 0.717) is 0 Å². The molecule has 0 amide bonds. The summed E-state index contributed by atoms with van der Waals surface area (Å²) in [6, 6.07) is 6.58. The molecular weight excluding hydrogens is 208 g/mol. The molecule has 0 radical (unpaired) electrons. The fourth-order valence-electron chi connectivity index (χ4n) is 2.47. The molecule has 17 heavy (non-hydrogen) atoms. The van der Waals surface area contributed by atoms with Gasteiger partial charge >= 0.3 is 0 Å². The summed E-state index contributed by atoms with van der Waals surface area (Å²) >= 11 is 0. The Balaban J connectivity index is 2.56. The number of fused-ring (bicyclic) bond motifs is 1. The Kier molecular flexibility index (Phi) is 3.43. The Bertz CT molecular complexity index is 544. The average molecular weight is 228 g/mol. The van der Waals surface area contributed by atoms with Gasteiger partial charge in [0.25, 0.3) is 0 Å². The molecule has 0 saturated heterocycles. The van der Waals surface area contributed by atoms with Gasteiger partial charge in [-0.1, -0.05) is 6.07 Å². The predicted molar refractivity (Wildman–Crippen MR) is 73.3 cm³/mol. The van der Waals surface area contributed by atoms with Gasteiger partial charge in [-0.15, -0.1) is 0 Å². The van der Waals surface area contributed by atoms with E-state index in [1.165, 1.54) is 22.1 Å². The molecular formula is C15H20N2. The van der Waals surface area contributed by atoms with Crippen LogP contribution in [0.25, 0.3) is 10.9 Å². The van der Waals surface area contributed by atoms with E-state index < -0.39 is 0 Å². The van der Waals surface area contributed by atoms with Crippen LogP contribution in [0.3, 0.4) is 0 Å². The Hall–Kier alpha value is -1.41. The SMILES string of the molecule is Cc1cc(C)c2c(C)cc(CCCN)nc2c1. The molecule has 2 N–H and O–H groups in total. The van der Waals surface area contributed by atoms with Crippen LogP contribution in [0.15, 0.2) is 18.2 Å². The molecule has 1 heterocycles. The Morgan fingerprint density at radius 1 is 1.06 bits per heavy atom. The van der Waals surface area contributed by atoms with Crippen molar-refractivity contribution in [1.29, 1.82) is 0 Å². The van der Waals surface area contributed by atoms with Gasteiger partial charge in [-0.2, -0.15) is 0 Å². The van der Waals surface area contributed by atoms with E-state index in [4.69, 9.17) is 10.7 Å². The van der Waals surface area contributed by atoms with Crippen molar-refractivity contribution < 1.29 is 0 Å². The lowest BCUT2D eigenvalue weighted by Gasteiger charge is -2.09. The van der Waals surface area contributed by atoms with Crippen LogP contribution in [-0.2, 0) is 6.42 Å². The first-order chi connectivity index (χ1) is 8.11. The van der Waals surface area contributed by atoms with Gasteiger partial charge in [-0.3, -0.25) is 4.98 Å². The van der Waals surface area contributed by atoms with Crippen LogP contribution in [0.5, 0.6) is 0 Å². The zero-order valence-electron chi connectivity index (χ0n) is 10.9.